The van der Waals surface area contributed by atoms with Crippen molar-refractivity contribution in [3.05, 3.63) is 0 Å². The van der Waals surface area contributed by atoms with Gasteiger partial charge in [-0.1, -0.05) is 6.92 Å². The van der Waals surface area contributed by atoms with E-state index in [4.69, 9.17) is 0 Å². The summed E-state index contributed by atoms with van der Waals surface area (Å²) in [5, 5.41) is 0. The standard InChI is InChI=1S/C15H30N4O3S/c1-4-17-9-11-19(12-10-17)15(20)13(2)18-7-5-14(6-8-18)16-23(3,21)22/h13-14,16H,4-12H2,1-3H3. The monoisotopic (exact) mass is 346 g/mol. The molecule has 23 heavy (non-hydrogen) atoms. The van der Waals surface area contributed by atoms with Crippen molar-refractivity contribution in [3.8, 4) is 0 Å². The normalized spacial score (nSPS) is 23.9. The van der Waals surface area contributed by atoms with Crippen molar-refractivity contribution >= 4 is 15.9 Å². The molecule has 134 valence electrons. The Morgan fingerprint density at radius 1 is 1.13 bits per heavy atom. The summed E-state index contributed by atoms with van der Waals surface area (Å²) in [5.74, 6) is 0.204. The molecular formula is C15H30N4O3S. The number of nitrogens with one attached hydrogen (secondary N) is 1. The Kier molecular flexibility index (Phi) is 6.41. The van der Waals surface area contributed by atoms with E-state index in [9.17, 15) is 13.2 Å². The van der Waals surface area contributed by atoms with Gasteiger partial charge in [0, 0.05) is 45.3 Å². The Balaban J connectivity index is 1.80. The van der Waals surface area contributed by atoms with E-state index in [1.165, 1.54) is 6.26 Å². The first-order valence-corrected chi connectivity index (χ1v) is 10.4. The summed E-state index contributed by atoms with van der Waals surface area (Å²) in [6, 6.07) is -0.126. The molecule has 0 aromatic heterocycles. The van der Waals surface area contributed by atoms with Gasteiger partial charge in [-0.2, -0.15) is 0 Å². The number of hydrogen-bond acceptors (Lipinski definition) is 5. The van der Waals surface area contributed by atoms with Gasteiger partial charge in [0.2, 0.25) is 15.9 Å². The van der Waals surface area contributed by atoms with Crippen molar-refractivity contribution in [1.29, 1.82) is 0 Å². The molecular weight excluding hydrogens is 316 g/mol. The number of piperazine rings is 1. The quantitative estimate of drug-likeness (QED) is 0.730. The third-order valence-electron chi connectivity index (χ3n) is 4.95. The molecule has 2 rings (SSSR count). The van der Waals surface area contributed by atoms with Crippen LogP contribution in [0.2, 0.25) is 0 Å². The van der Waals surface area contributed by atoms with E-state index in [1.54, 1.807) is 0 Å². The Hall–Kier alpha value is -0.700. The number of carbonyl (C=O) groups excluding carboxylic acids is 1. The van der Waals surface area contributed by atoms with Gasteiger partial charge >= 0.3 is 0 Å². The molecule has 0 radical (unpaired) electrons. The van der Waals surface area contributed by atoms with Crippen molar-refractivity contribution in [3.63, 3.8) is 0 Å². The van der Waals surface area contributed by atoms with E-state index >= 15 is 0 Å². The first-order chi connectivity index (χ1) is 10.8. The fourth-order valence-corrected chi connectivity index (χ4v) is 4.25. The number of nitrogens with zero attached hydrogens (tertiary/aromatic N) is 3. The Morgan fingerprint density at radius 3 is 2.17 bits per heavy atom. The summed E-state index contributed by atoms with van der Waals surface area (Å²) in [6.07, 6.45) is 2.71. The summed E-state index contributed by atoms with van der Waals surface area (Å²) in [6.45, 7) is 10.2. The van der Waals surface area contributed by atoms with Crippen LogP contribution in [0, 0.1) is 0 Å². The van der Waals surface area contributed by atoms with Gasteiger partial charge in [0.1, 0.15) is 0 Å². The summed E-state index contributed by atoms with van der Waals surface area (Å²) in [4.78, 5) is 19.2. The van der Waals surface area contributed by atoms with E-state index in [0.29, 0.717) is 0 Å². The topological polar surface area (TPSA) is 73.0 Å². The molecule has 0 aromatic carbocycles. The Labute approximate surface area is 140 Å². The Morgan fingerprint density at radius 2 is 1.70 bits per heavy atom. The van der Waals surface area contributed by atoms with Gasteiger partial charge in [0.25, 0.3) is 0 Å². The van der Waals surface area contributed by atoms with Crippen molar-refractivity contribution in [2.24, 2.45) is 0 Å². The van der Waals surface area contributed by atoms with Gasteiger partial charge in [0.05, 0.1) is 12.3 Å². The number of sulfonamides is 1. The van der Waals surface area contributed by atoms with E-state index in [1.807, 2.05) is 11.8 Å². The van der Waals surface area contributed by atoms with Crippen LogP contribution in [0.3, 0.4) is 0 Å². The zero-order valence-corrected chi connectivity index (χ0v) is 15.3. The van der Waals surface area contributed by atoms with Crippen molar-refractivity contribution in [2.75, 3.05) is 52.1 Å². The maximum absolute atomic E-state index is 12.7. The van der Waals surface area contributed by atoms with Crippen LogP contribution in [0.15, 0.2) is 0 Å². The minimum absolute atomic E-state index is 0.00310. The fraction of sp³-hybridized carbons (Fsp3) is 0.933. The SMILES string of the molecule is CCN1CCN(C(=O)C(C)N2CCC(NS(C)(=O)=O)CC2)CC1. The van der Waals surface area contributed by atoms with Crippen LogP contribution in [0.25, 0.3) is 0 Å². The highest BCUT2D eigenvalue weighted by atomic mass is 32.2. The van der Waals surface area contributed by atoms with Crippen LogP contribution in [0.1, 0.15) is 26.7 Å². The molecule has 0 bridgehead atoms. The fourth-order valence-electron chi connectivity index (χ4n) is 3.41. The van der Waals surface area contributed by atoms with E-state index in [2.05, 4.69) is 21.4 Å². The van der Waals surface area contributed by atoms with Crippen LogP contribution in [0.5, 0.6) is 0 Å². The lowest BCUT2D eigenvalue weighted by Gasteiger charge is -2.40. The molecule has 2 aliphatic heterocycles. The third-order valence-corrected chi connectivity index (χ3v) is 5.71. The third kappa shape index (κ3) is 5.41. The molecule has 0 aromatic rings. The van der Waals surface area contributed by atoms with Crippen LogP contribution < -0.4 is 4.72 Å². The second-order valence-corrected chi connectivity index (χ2v) is 8.42. The molecule has 8 heteroatoms. The minimum atomic E-state index is -3.15. The number of rotatable bonds is 5. The number of amides is 1. The number of piperidine rings is 1. The van der Waals surface area contributed by atoms with E-state index in [0.717, 1.165) is 58.7 Å². The molecule has 0 aliphatic carbocycles. The molecule has 1 unspecified atom stereocenters. The highest BCUT2D eigenvalue weighted by Crippen LogP contribution is 2.16. The van der Waals surface area contributed by atoms with Gasteiger partial charge < -0.3 is 9.80 Å². The van der Waals surface area contributed by atoms with Gasteiger partial charge in [-0.05, 0) is 26.3 Å². The van der Waals surface area contributed by atoms with Crippen molar-refractivity contribution in [1.82, 2.24) is 19.4 Å². The second-order valence-electron chi connectivity index (χ2n) is 6.64. The second kappa shape index (κ2) is 7.92. The highest BCUT2D eigenvalue weighted by molar-refractivity contribution is 7.88. The smallest absolute Gasteiger partial charge is 0.239 e. The van der Waals surface area contributed by atoms with Gasteiger partial charge in [-0.15, -0.1) is 0 Å². The molecule has 1 N–H and O–H groups in total. The molecule has 1 atom stereocenters. The zero-order valence-electron chi connectivity index (χ0n) is 14.5. The average molecular weight is 346 g/mol. The summed E-state index contributed by atoms with van der Waals surface area (Å²) in [5.41, 5.74) is 0. The highest BCUT2D eigenvalue weighted by Gasteiger charge is 2.31. The maximum atomic E-state index is 12.7. The summed E-state index contributed by atoms with van der Waals surface area (Å²) in [7, 11) is -3.15. The minimum Gasteiger partial charge on any atom is -0.339 e. The average Bonchev–Trinajstić information content (AvgIpc) is 2.53. The molecule has 7 nitrogen and oxygen atoms in total. The van der Waals surface area contributed by atoms with Gasteiger partial charge in [-0.3, -0.25) is 9.69 Å². The zero-order chi connectivity index (χ0) is 17.0. The predicted octanol–water partition coefficient (Wildman–Crippen LogP) is -0.447. The summed E-state index contributed by atoms with van der Waals surface area (Å²) >= 11 is 0. The van der Waals surface area contributed by atoms with Gasteiger partial charge in [0.15, 0.2) is 0 Å². The van der Waals surface area contributed by atoms with Crippen LogP contribution in [-0.4, -0.2) is 93.2 Å². The molecule has 0 saturated carbocycles. The predicted molar refractivity (Wildman–Crippen MR) is 90.7 cm³/mol. The van der Waals surface area contributed by atoms with Crippen LogP contribution >= 0.6 is 0 Å². The molecule has 2 saturated heterocycles. The van der Waals surface area contributed by atoms with Crippen LogP contribution in [-0.2, 0) is 14.8 Å². The largest absolute Gasteiger partial charge is 0.339 e. The number of hydrogen-bond donors (Lipinski definition) is 1. The van der Waals surface area contributed by atoms with Crippen LogP contribution in [0.4, 0.5) is 0 Å². The molecule has 0 spiro atoms. The van der Waals surface area contributed by atoms with E-state index in [-0.39, 0.29) is 18.0 Å². The molecule has 2 fully saturated rings. The molecule has 2 aliphatic rings. The molecule has 1 amide bonds. The number of likely N-dealkylation sites (tertiary alicyclic amines) is 1. The number of carbonyl (C=O) groups is 1. The lowest BCUT2D eigenvalue weighted by Crippen LogP contribution is -2.56. The van der Waals surface area contributed by atoms with Gasteiger partial charge in [-0.25, -0.2) is 13.1 Å². The number of likely N-dealkylation sites (N-methyl/N-ethyl adjacent to an activating group) is 1. The van der Waals surface area contributed by atoms with Crippen molar-refractivity contribution < 1.29 is 13.2 Å². The first kappa shape index (κ1) is 18.6. The maximum Gasteiger partial charge on any atom is 0.239 e. The van der Waals surface area contributed by atoms with Crippen molar-refractivity contribution in [2.45, 2.75) is 38.8 Å². The Bertz CT molecular complexity index is 495. The lowest BCUT2D eigenvalue weighted by molar-refractivity contribution is -0.138. The summed E-state index contributed by atoms with van der Waals surface area (Å²) < 4.78 is 25.2. The molecule has 2 heterocycles. The van der Waals surface area contributed by atoms with E-state index < -0.39 is 10.0 Å². The lowest BCUT2D eigenvalue weighted by atomic mass is 10.0. The first-order valence-electron chi connectivity index (χ1n) is 8.52.